The zero-order valence-corrected chi connectivity index (χ0v) is 13.6. The molecule has 2 rings (SSSR count). The van der Waals surface area contributed by atoms with Gasteiger partial charge in [-0.2, -0.15) is 5.10 Å². The van der Waals surface area contributed by atoms with Crippen LogP contribution in [0.25, 0.3) is 0 Å². The molecule has 1 amide bonds. The zero-order chi connectivity index (χ0) is 17.4. The van der Waals surface area contributed by atoms with Gasteiger partial charge in [0.25, 0.3) is 5.91 Å². The summed E-state index contributed by atoms with van der Waals surface area (Å²) in [6, 6.07) is 13.6. The van der Waals surface area contributed by atoms with Crippen molar-refractivity contribution in [2.45, 2.75) is 6.92 Å². The van der Waals surface area contributed by atoms with E-state index in [1.807, 2.05) is 0 Å². The van der Waals surface area contributed by atoms with Gasteiger partial charge in [0.2, 0.25) is 0 Å². The lowest BCUT2D eigenvalue weighted by Gasteiger charge is -2.06. The number of nitrogens with zero attached hydrogens (tertiary/aromatic N) is 1. The quantitative estimate of drug-likeness (QED) is 0.377. The molecule has 0 unspecified atom stereocenters. The van der Waals surface area contributed by atoms with Gasteiger partial charge in [0, 0.05) is 6.92 Å². The maximum atomic E-state index is 11.7. The fourth-order valence-electron chi connectivity index (χ4n) is 1.74. The van der Waals surface area contributed by atoms with E-state index in [2.05, 4.69) is 10.5 Å². The standard InChI is InChI=1S/C17H15ClN2O4/c1-12(21)24-14-6-4-5-13(9-14)10-19-20-17(22)11-23-16-8-3-2-7-15(16)18/h2-10H,11H2,1H3,(H,20,22)/b19-10+. The number of carbonyl (C=O) groups is 2. The Morgan fingerprint density at radius 3 is 2.75 bits per heavy atom. The number of nitrogens with one attached hydrogen (secondary N) is 1. The molecule has 0 aliphatic heterocycles. The Bertz CT molecular complexity index is 762. The molecule has 0 bridgehead atoms. The average Bonchev–Trinajstić information content (AvgIpc) is 2.54. The van der Waals surface area contributed by atoms with E-state index >= 15 is 0 Å². The Kier molecular flexibility index (Phi) is 6.33. The molecule has 0 saturated heterocycles. The second-order valence-corrected chi connectivity index (χ2v) is 5.09. The number of hydrogen-bond acceptors (Lipinski definition) is 5. The van der Waals surface area contributed by atoms with E-state index in [4.69, 9.17) is 21.1 Å². The Labute approximate surface area is 144 Å². The second kappa shape index (κ2) is 8.69. The van der Waals surface area contributed by atoms with Crippen LogP contribution in [0.3, 0.4) is 0 Å². The van der Waals surface area contributed by atoms with Gasteiger partial charge in [-0.05, 0) is 29.8 Å². The minimum absolute atomic E-state index is 0.214. The summed E-state index contributed by atoms with van der Waals surface area (Å²) in [5, 5.41) is 4.25. The van der Waals surface area contributed by atoms with Crippen LogP contribution in [0.2, 0.25) is 5.02 Å². The lowest BCUT2D eigenvalue weighted by molar-refractivity contribution is -0.131. The number of carbonyl (C=O) groups excluding carboxylic acids is 2. The SMILES string of the molecule is CC(=O)Oc1cccc(/C=N/NC(=O)COc2ccccc2Cl)c1. The molecule has 7 heteroatoms. The molecule has 0 fully saturated rings. The summed E-state index contributed by atoms with van der Waals surface area (Å²) in [5.41, 5.74) is 3.00. The summed E-state index contributed by atoms with van der Waals surface area (Å²) in [6.07, 6.45) is 1.43. The summed E-state index contributed by atoms with van der Waals surface area (Å²) >= 11 is 5.92. The highest BCUT2D eigenvalue weighted by molar-refractivity contribution is 6.32. The van der Waals surface area contributed by atoms with Crippen LogP contribution in [0, 0.1) is 0 Å². The van der Waals surface area contributed by atoms with E-state index in [0.717, 1.165) is 0 Å². The van der Waals surface area contributed by atoms with Gasteiger partial charge in [0.15, 0.2) is 6.61 Å². The van der Waals surface area contributed by atoms with Crippen LogP contribution in [-0.4, -0.2) is 24.7 Å². The van der Waals surface area contributed by atoms with Gasteiger partial charge >= 0.3 is 5.97 Å². The summed E-state index contributed by atoms with van der Waals surface area (Å²) in [6.45, 7) is 1.11. The van der Waals surface area contributed by atoms with Gasteiger partial charge < -0.3 is 9.47 Å². The van der Waals surface area contributed by atoms with Crippen LogP contribution in [0.5, 0.6) is 11.5 Å². The highest BCUT2D eigenvalue weighted by Gasteiger charge is 2.04. The third-order valence-corrected chi connectivity index (χ3v) is 3.03. The Balaban J connectivity index is 1.84. The number of ether oxygens (including phenoxy) is 2. The summed E-state index contributed by atoms with van der Waals surface area (Å²) in [4.78, 5) is 22.6. The molecule has 2 aromatic carbocycles. The van der Waals surface area contributed by atoms with E-state index in [9.17, 15) is 9.59 Å². The zero-order valence-electron chi connectivity index (χ0n) is 12.9. The van der Waals surface area contributed by atoms with Crippen molar-refractivity contribution in [1.82, 2.24) is 5.43 Å². The van der Waals surface area contributed by atoms with Gasteiger partial charge in [-0.15, -0.1) is 0 Å². The fraction of sp³-hybridized carbons (Fsp3) is 0.118. The van der Waals surface area contributed by atoms with E-state index < -0.39 is 11.9 Å². The average molecular weight is 347 g/mol. The van der Waals surface area contributed by atoms with Crippen molar-refractivity contribution in [2.75, 3.05) is 6.61 Å². The van der Waals surface area contributed by atoms with Gasteiger partial charge in [-0.25, -0.2) is 5.43 Å². The Hall–Kier alpha value is -2.86. The van der Waals surface area contributed by atoms with Crippen molar-refractivity contribution in [3.05, 3.63) is 59.1 Å². The van der Waals surface area contributed by atoms with Crippen LogP contribution in [0.15, 0.2) is 53.6 Å². The third-order valence-electron chi connectivity index (χ3n) is 2.72. The maximum Gasteiger partial charge on any atom is 0.308 e. The fourth-order valence-corrected chi connectivity index (χ4v) is 1.93. The maximum absolute atomic E-state index is 11.7. The van der Waals surface area contributed by atoms with Gasteiger partial charge in [-0.1, -0.05) is 35.9 Å². The number of para-hydroxylation sites is 1. The molecule has 0 spiro atoms. The van der Waals surface area contributed by atoms with Crippen molar-refractivity contribution in [2.24, 2.45) is 5.10 Å². The predicted molar refractivity (Wildman–Crippen MR) is 90.4 cm³/mol. The van der Waals surface area contributed by atoms with Gasteiger partial charge in [-0.3, -0.25) is 9.59 Å². The van der Waals surface area contributed by atoms with Gasteiger partial charge in [0.1, 0.15) is 11.5 Å². The number of hydrazone groups is 1. The second-order valence-electron chi connectivity index (χ2n) is 4.68. The minimum atomic E-state index is -0.428. The first-order valence-corrected chi connectivity index (χ1v) is 7.40. The topological polar surface area (TPSA) is 77.0 Å². The molecule has 124 valence electrons. The largest absolute Gasteiger partial charge is 0.482 e. The van der Waals surface area contributed by atoms with Crippen molar-refractivity contribution < 1.29 is 19.1 Å². The summed E-state index contributed by atoms with van der Waals surface area (Å²) < 4.78 is 10.2. The van der Waals surface area contributed by atoms with Crippen LogP contribution >= 0.6 is 11.6 Å². The van der Waals surface area contributed by atoms with Crippen molar-refractivity contribution in [1.29, 1.82) is 0 Å². The monoisotopic (exact) mass is 346 g/mol. The molecule has 1 N–H and O–H groups in total. The number of rotatable bonds is 6. The van der Waals surface area contributed by atoms with E-state index in [-0.39, 0.29) is 6.61 Å². The smallest absolute Gasteiger partial charge is 0.308 e. The van der Waals surface area contributed by atoms with E-state index in [1.165, 1.54) is 13.1 Å². The first kappa shape index (κ1) is 17.5. The Morgan fingerprint density at radius 1 is 1.21 bits per heavy atom. The van der Waals surface area contributed by atoms with Crippen LogP contribution in [-0.2, 0) is 9.59 Å². The molecule has 6 nitrogen and oxygen atoms in total. The van der Waals surface area contributed by atoms with E-state index in [0.29, 0.717) is 22.1 Å². The minimum Gasteiger partial charge on any atom is -0.482 e. The molecule has 0 aromatic heterocycles. The molecular formula is C17H15ClN2O4. The van der Waals surface area contributed by atoms with Crippen molar-refractivity contribution >= 4 is 29.7 Å². The lowest BCUT2D eigenvalue weighted by Crippen LogP contribution is -2.24. The Morgan fingerprint density at radius 2 is 2.00 bits per heavy atom. The molecule has 0 saturated carbocycles. The molecular weight excluding hydrogens is 332 g/mol. The third kappa shape index (κ3) is 5.73. The van der Waals surface area contributed by atoms with Crippen molar-refractivity contribution in [3.8, 4) is 11.5 Å². The molecule has 0 heterocycles. The number of esters is 1. The first-order valence-electron chi connectivity index (χ1n) is 7.02. The number of amides is 1. The molecule has 0 aliphatic carbocycles. The molecule has 0 atom stereocenters. The van der Waals surface area contributed by atoms with E-state index in [1.54, 1.807) is 48.5 Å². The molecule has 0 aliphatic rings. The highest BCUT2D eigenvalue weighted by atomic mass is 35.5. The predicted octanol–water partition coefficient (Wildman–Crippen LogP) is 2.79. The summed E-state index contributed by atoms with van der Waals surface area (Å²) in [5.74, 6) is -0.0105. The molecule has 0 radical (unpaired) electrons. The number of hydrogen-bond donors (Lipinski definition) is 1. The van der Waals surface area contributed by atoms with Crippen molar-refractivity contribution in [3.63, 3.8) is 0 Å². The van der Waals surface area contributed by atoms with Crippen LogP contribution in [0.1, 0.15) is 12.5 Å². The molecule has 2 aromatic rings. The molecule has 24 heavy (non-hydrogen) atoms. The highest BCUT2D eigenvalue weighted by Crippen LogP contribution is 2.22. The number of benzene rings is 2. The number of halogens is 1. The normalized spacial score (nSPS) is 10.4. The van der Waals surface area contributed by atoms with Crippen LogP contribution < -0.4 is 14.9 Å². The lowest BCUT2D eigenvalue weighted by atomic mass is 10.2. The first-order chi connectivity index (χ1) is 11.5. The summed E-state index contributed by atoms with van der Waals surface area (Å²) in [7, 11) is 0. The van der Waals surface area contributed by atoms with Gasteiger partial charge in [0.05, 0.1) is 11.2 Å². The van der Waals surface area contributed by atoms with Crippen LogP contribution in [0.4, 0.5) is 0 Å².